The third kappa shape index (κ3) is 2.53. The summed E-state index contributed by atoms with van der Waals surface area (Å²) in [5.41, 5.74) is 7.69. The monoisotopic (exact) mass is 276 g/mol. The van der Waals surface area contributed by atoms with Crippen LogP contribution in [-0.4, -0.2) is 42.1 Å². The van der Waals surface area contributed by atoms with E-state index in [4.69, 9.17) is 10.7 Å². The largest absolute Gasteiger partial charge is 0.399 e. The lowest BCUT2D eigenvalue weighted by molar-refractivity contribution is 0.209. The van der Waals surface area contributed by atoms with Gasteiger partial charge in [-0.25, -0.2) is 4.98 Å². The van der Waals surface area contributed by atoms with Crippen LogP contribution < -0.4 is 10.6 Å². The number of hydrogen-bond donors (Lipinski definition) is 1. The van der Waals surface area contributed by atoms with Gasteiger partial charge in [0.25, 0.3) is 0 Å². The van der Waals surface area contributed by atoms with Gasteiger partial charge in [-0.2, -0.15) is 0 Å². The number of rotatable bonds is 2. The first kappa shape index (κ1) is 12.7. The van der Waals surface area contributed by atoms with Gasteiger partial charge in [0.2, 0.25) is 0 Å². The number of anilines is 2. The van der Waals surface area contributed by atoms with Crippen molar-refractivity contribution >= 4 is 32.4 Å². The molecule has 0 bridgehead atoms. The number of aromatic nitrogens is 1. The van der Waals surface area contributed by atoms with Gasteiger partial charge < -0.3 is 10.6 Å². The van der Waals surface area contributed by atoms with Crippen molar-refractivity contribution in [1.29, 1.82) is 0 Å². The van der Waals surface area contributed by atoms with Crippen molar-refractivity contribution in [2.24, 2.45) is 0 Å². The molecule has 2 N–H and O–H groups in total. The second-order valence-corrected chi connectivity index (χ2v) is 6.35. The zero-order valence-electron chi connectivity index (χ0n) is 11.5. The van der Waals surface area contributed by atoms with Gasteiger partial charge in [-0.1, -0.05) is 11.3 Å². The molecule has 19 heavy (non-hydrogen) atoms. The van der Waals surface area contributed by atoms with E-state index in [0.29, 0.717) is 6.04 Å². The summed E-state index contributed by atoms with van der Waals surface area (Å²) in [5.74, 6) is 0. The maximum Gasteiger partial charge on any atom is 0.186 e. The predicted molar refractivity (Wildman–Crippen MR) is 83.0 cm³/mol. The number of piperazine rings is 1. The van der Waals surface area contributed by atoms with Crippen LogP contribution in [0.3, 0.4) is 0 Å². The Morgan fingerprint density at radius 3 is 2.63 bits per heavy atom. The van der Waals surface area contributed by atoms with Gasteiger partial charge >= 0.3 is 0 Å². The zero-order chi connectivity index (χ0) is 13.4. The average molecular weight is 276 g/mol. The van der Waals surface area contributed by atoms with E-state index in [1.165, 1.54) is 4.70 Å². The summed E-state index contributed by atoms with van der Waals surface area (Å²) in [4.78, 5) is 9.62. The van der Waals surface area contributed by atoms with Gasteiger partial charge in [0.1, 0.15) is 0 Å². The maximum atomic E-state index is 5.82. The Kier molecular flexibility index (Phi) is 3.33. The third-order valence-corrected chi connectivity index (χ3v) is 4.80. The standard InChI is InChI=1S/C14H20N4S/c1-10(2)17-5-7-18(8-6-17)14-16-12-4-3-11(15)9-13(12)19-14/h3-4,9-10H,5-8,15H2,1-2H3. The maximum absolute atomic E-state index is 5.82. The van der Waals surface area contributed by atoms with Crippen LogP contribution in [0.5, 0.6) is 0 Å². The first-order valence-corrected chi connectivity index (χ1v) is 7.60. The molecule has 0 saturated carbocycles. The molecule has 1 saturated heterocycles. The average Bonchev–Trinajstić information content (AvgIpc) is 2.81. The quantitative estimate of drug-likeness (QED) is 0.856. The van der Waals surface area contributed by atoms with E-state index in [0.717, 1.165) is 42.5 Å². The van der Waals surface area contributed by atoms with E-state index >= 15 is 0 Å². The molecule has 4 nitrogen and oxygen atoms in total. The highest BCUT2D eigenvalue weighted by Gasteiger charge is 2.21. The van der Waals surface area contributed by atoms with Crippen molar-refractivity contribution in [3.63, 3.8) is 0 Å². The van der Waals surface area contributed by atoms with E-state index in [1.807, 2.05) is 18.2 Å². The van der Waals surface area contributed by atoms with Crippen LogP contribution in [0.4, 0.5) is 10.8 Å². The molecule has 0 radical (unpaired) electrons. The van der Waals surface area contributed by atoms with Crippen LogP contribution in [0.25, 0.3) is 10.2 Å². The second-order valence-electron chi connectivity index (χ2n) is 5.34. The molecule has 0 spiro atoms. The van der Waals surface area contributed by atoms with Crippen LogP contribution in [0.15, 0.2) is 18.2 Å². The lowest BCUT2D eigenvalue weighted by Crippen LogP contribution is -2.48. The SMILES string of the molecule is CC(C)N1CCN(c2nc3ccc(N)cc3s2)CC1. The lowest BCUT2D eigenvalue weighted by atomic mass is 10.2. The molecule has 2 aromatic rings. The molecule has 1 aromatic heterocycles. The number of fused-ring (bicyclic) bond motifs is 1. The molecule has 1 aliphatic rings. The summed E-state index contributed by atoms with van der Waals surface area (Å²) in [7, 11) is 0. The molecule has 2 heterocycles. The Bertz CT molecular complexity index is 570. The molecule has 5 heteroatoms. The van der Waals surface area contributed by atoms with Crippen LogP contribution in [-0.2, 0) is 0 Å². The van der Waals surface area contributed by atoms with Gasteiger partial charge in [-0.15, -0.1) is 0 Å². The predicted octanol–water partition coefficient (Wildman–Crippen LogP) is 2.41. The van der Waals surface area contributed by atoms with E-state index in [-0.39, 0.29) is 0 Å². The molecule has 3 rings (SSSR count). The molecule has 0 unspecified atom stereocenters. The number of benzene rings is 1. The summed E-state index contributed by atoms with van der Waals surface area (Å²) in [5, 5.41) is 1.13. The Morgan fingerprint density at radius 2 is 1.95 bits per heavy atom. The molecule has 1 aliphatic heterocycles. The van der Waals surface area contributed by atoms with E-state index in [9.17, 15) is 0 Å². The summed E-state index contributed by atoms with van der Waals surface area (Å²) >= 11 is 1.74. The normalized spacial score (nSPS) is 17.5. The van der Waals surface area contributed by atoms with E-state index < -0.39 is 0 Å². The first-order chi connectivity index (χ1) is 9.13. The van der Waals surface area contributed by atoms with Crippen molar-refractivity contribution in [3.05, 3.63) is 18.2 Å². The number of nitrogens with two attached hydrogens (primary N) is 1. The smallest absolute Gasteiger partial charge is 0.186 e. The fourth-order valence-electron chi connectivity index (χ4n) is 2.49. The van der Waals surface area contributed by atoms with Crippen LogP contribution >= 0.6 is 11.3 Å². The zero-order valence-corrected chi connectivity index (χ0v) is 12.3. The highest BCUT2D eigenvalue weighted by atomic mass is 32.1. The van der Waals surface area contributed by atoms with Gasteiger partial charge in [0.05, 0.1) is 10.2 Å². The summed E-state index contributed by atoms with van der Waals surface area (Å²) in [6.07, 6.45) is 0. The van der Waals surface area contributed by atoms with E-state index in [2.05, 4.69) is 23.6 Å². The fraction of sp³-hybridized carbons (Fsp3) is 0.500. The second kappa shape index (κ2) is 4.98. The molecule has 0 atom stereocenters. The van der Waals surface area contributed by atoms with Gasteiger partial charge in [-0.3, -0.25) is 4.90 Å². The first-order valence-electron chi connectivity index (χ1n) is 6.78. The van der Waals surface area contributed by atoms with Gasteiger partial charge in [0.15, 0.2) is 5.13 Å². The topological polar surface area (TPSA) is 45.4 Å². The molecule has 0 aliphatic carbocycles. The van der Waals surface area contributed by atoms with Crippen LogP contribution in [0.1, 0.15) is 13.8 Å². The molecule has 0 amide bonds. The van der Waals surface area contributed by atoms with Crippen molar-refractivity contribution in [3.8, 4) is 0 Å². The minimum atomic E-state index is 0.636. The Hall–Kier alpha value is -1.33. The minimum absolute atomic E-state index is 0.636. The Labute approximate surface area is 117 Å². The molecular weight excluding hydrogens is 256 g/mol. The van der Waals surface area contributed by atoms with Gasteiger partial charge in [-0.05, 0) is 32.0 Å². The molecule has 102 valence electrons. The summed E-state index contributed by atoms with van der Waals surface area (Å²) < 4.78 is 1.18. The van der Waals surface area contributed by atoms with Gasteiger partial charge in [0, 0.05) is 37.9 Å². The summed E-state index contributed by atoms with van der Waals surface area (Å²) in [6, 6.07) is 6.58. The Morgan fingerprint density at radius 1 is 1.21 bits per heavy atom. The number of thiazole rings is 1. The number of nitrogen functional groups attached to an aromatic ring is 1. The van der Waals surface area contributed by atoms with Crippen LogP contribution in [0.2, 0.25) is 0 Å². The van der Waals surface area contributed by atoms with Crippen molar-refractivity contribution in [1.82, 2.24) is 9.88 Å². The van der Waals surface area contributed by atoms with Crippen molar-refractivity contribution in [2.75, 3.05) is 36.8 Å². The molecule has 1 fully saturated rings. The summed E-state index contributed by atoms with van der Waals surface area (Å²) in [6.45, 7) is 8.89. The fourth-order valence-corrected chi connectivity index (χ4v) is 3.56. The minimum Gasteiger partial charge on any atom is -0.399 e. The highest BCUT2D eigenvalue weighted by molar-refractivity contribution is 7.22. The third-order valence-electron chi connectivity index (χ3n) is 3.72. The van der Waals surface area contributed by atoms with Crippen molar-refractivity contribution < 1.29 is 0 Å². The highest BCUT2D eigenvalue weighted by Crippen LogP contribution is 2.30. The molecule has 1 aromatic carbocycles. The lowest BCUT2D eigenvalue weighted by Gasteiger charge is -2.36. The molecular formula is C14H20N4S. The number of nitrogens with zero attached hydrogens (tertiary/aromatic N) is 3. The van der Waals surface area contributed by atoms with Crippen LogP contribution in [0, 0.1) is 0 Å². The number of hydrogen-bond acceptors (Lipinski definition) is 5. The van der Waals surface area contributed by atoms with Crippen molar-refractivity contribution in [2.45, 2.75) is 19.9 Å². The Balaban J connectivity index is 1.78. The van der Waals surface area contributed by atoms with E-state index in [1.54, 1.807) is 11.3 Å².